The molecule has 1 amide bonds. The van der Waals surface area contributed by atoms with E-state index >= 15 is 0 Å². The van der Waals surface area contributed by atoms with Crippen molar-refractivity contribution in [2.24, 2.45) is 0 Å². The largest absolute Gasteiger partial charge is 0.456 e. The summed E-state index contributed by atoms with van der Waals surface area (Å²) in [6, 6.07) is 15.7. The Morgan fingerprint density at radius 3 is 2.39 bits per heavy atom. The van der Waals surface area contributed by atoms with Gasteiger partial charge in [-0.2, -0.15) is 0 Å². The summed E-state index contributed by atoms with van der Waals surface area (Å²) in [5.74, 6) is 1.53. The number of fused-ring (bicyclic) bond motifs is 1. The van der Waals surface area contributed by atoms with Gasteiger partial charge in [0.1, 0.15) is 17.1 Å². The second kappa shape index (κ2) is 8.07. The molecule has 0 aliphatic rings. The van der Waals surface area contributed by atoms with Crippen LogP contribution >= 0.6 is 0 Å². The monoisotopic (exact) mass is 414 g/mol. The Balaban J connectivity index is 1.74. The number of aryl methyl sites for hydroxylation is 2. The Kier molecular flexibility index (Phi) is 5.29. The van der Waals surface area contributed by atoms with Crippen molar-refractivity contribution in [3.05, 3.63) is 87.7 Å². The number of nitrogens with zero attached hydrogens (tertiary/aromatic N) is 2. The first kappa shape index (κ1) is 20.3. The molecule has 0 fully saturated rings. The second-order valence-electron chi connectivity index (χ2n) is 7.59. The lowest BCUT2D eigenvalue weighted by Gasteiger charge is -2.13. The topological polar surface area (TPSA) is 72.6 Å². The van der Waals surface area contributed by atoms with Gasteiger partial charge < -0.3 is 14.1 Å². The average molecular weight is 414 g/mol. The van der Waals surface area contributed by atoms with Crippen LogP contribution in [0.3, 0.4) is 0 Å². The highest BCUT2D eigenvalue weighted by Gasteiger charge is 2.15. The molecule has 156 valence electrons. The molecule has 0 unspecified atom stereocenters. The average Bonchev–Trinajstić information content (AvgIpc) is 2.76. The molecule has 2 heterocycles. The van der Waals surface area contributed by atoms with E-state index in [-0.39, 0.29) is 11.3 Å². The zero-order valence-electron chi connectivity index (χ0n) is 17.8. The molecule has 4 rings (SSSR count). The molecule has 0 bridgehead atoms. The molecule has 0 aliphatic heterocycles. The zero-order valence-corrected chi connectivity index (χ0v) is 17.8. The molecule has 2 aromatic heterocycles. The number of carbonyl (C=O) groups excluding carboxylic acids is 1. The third-order valence-corrected chi connectivity index (χ3v) is 4.97. The first-order chi connectivity index (χ1) is 14.8. The van der Waals surface area contributed by atoms with Crippen molar-refractivity contribution >= 4 is 16.9 Å². The number of pyridine rings is 1. The fraction of sp³-hybridized carbons (Fsp3) is 0.160. The molecule has 0 radical (unpaired) electrons. The minimum Gasteiger partial charge on any atom is -0.456 e. The Bertz CT molecular complexity index is 1320. The molecular weight excluding hydrogens is 392 g/mol. The van der Waals surface area contributed by atoms with Gasteiger partial charge in [0, 0.05) is 43.6 Å². The third kappa shape index (κ3) is 4.05. The van der Waals surface area contributed by atoms with E-state index in [9.17, 15) is 9.59 Å². The first-order valence-corrected chi connectivity index (χ1v) is 9.83. The number of hydrogen-bond donors (Lipinski definition) is 0. The second-order valence-corrected chi connectivity index (χ2v) is 7.59. The lowest BCUT2D eigenvalue weighted by Crippen LogP contribution is -2.21. The van der Waals surface area contributed by atoms with Crippen LogP contribution < -0.4 is 10.2 Å². The van der Waals surface area contributed by atoms with Gasteiger partial charge in [-0.3, -0.25) is 9.59 Å². The molecule has 0 saturated heterocycles. The minimum atomic E-state index is -0.200. The van der Waals surface area contributed by atoms with E-state index in [0.717, 1.165) is 22.4 Å². The number of benzene rings is 2. The van der Waals surface area contributed by atoms with E-state index < -0.39 is 0 Å². The highest BCUT2D eigenvalue weighted by molar-refractivity contribution is 5.97. The highest BCUT2D eigenvalue weighted by atomic mass is 16.5. The van der Waals surface area contributed by atoms with Gasteiger partial charge >= 0.3 is 0 Å². The molecule has 2 aromatic carbocycles. The summed E-state index contributed by atoms with van der Waals surface area (Å²) in [5.41, 5.74) is 3.25. The van der Waals surface area contributed by atoms with Gasteiger partial charge in [-0.15, -0.1) is 0 Å². The van der Waals surface area contributed by atoms with E-state index in [2.05, 4.69) is 4.98 Å². The van der Waals surface area contributed by atoms with E-state index in [1.54, 1.807) is 44.6 Å². The van der Waals surface area contributed by atoms with Crippen LogP contribution in [0.4, 0.5) is 0 Å². The van der Waals surface area contributed by atoms with Gasteiger partial charge in [0.25, 0.3) is 5.91 Å². The van der Waals surface area contributed by atoms with Crippen LogP contribution in [0.25, 0.3) is 22.3 Å². The summed E-state index contributed by atoms with van der Waals surface area (Å²) in [6.07, 6.45) is 1.68. The maximum absolute atomic E-state index is 12.8. The number of ether oxygens (including phenoxy) is 1. The molecular formula is C25H22N2O4. The van der Waals surface area contributed by atoms with E-state index in [1.165, 1.54) is 11.0 Å². The van der Waals surface area contributed by atoms with Crippen molar-refractivity contribution in [2.75, 3.05) is 14.1 Å². The van der Waals surface area contributed by atoms with Crippen molar-refractivity contribution in [1.29, 1.82) is 0 Å². The van der Waals surface area contributed by atoms with Crippen LogP contribution in [0.15, 0.2) is 70.0 Å². The Hall–Kier alpha value is -3.93. The van der Waals surface area contributed by atoms with Gasteiger partial charge in [-0.1, -0.05) is 6.07 Å². The molecule has 0 aliphatic carbocycles. The molecule has 0 spiro atoms. The van der Waals surface area contributed by atoms with E-state index in [0.29, 0.717) is 28.2 Å². The third-order valence-electron chi connectivity index (χ3n) is 4.97. The van der Waals surface area contributed by atoms with Crippen molar-refractivity contribution in [2.45, 2.75) is 13.8 Å². The molecule has 31 heavy (non-hydrogen) atoms. The number of rotatable bonds is 4. The summed E-state index contributed by atoms with van der Waals surface area (Å²) in [7, 11) is 3.34. The van der Waals surface area contributed by atoms with Crippen LogP contribution in [0.1, 0.15) is 21.5 Å². The lowest BCUT2D eigenvalue weighted by atomic mass is 10.0. The summed E-state index contributed by atoms with van der Waals surface area (Å²) in [5, 5.41) is 0.375. The molecule has 0 saturated carbocycles. The van der Waals surface area contributed by atoms with Crippen molar-refractivity contribution in [3.8, 4) is 23.0 Å². The fourth-order valence-corrected chi connectivity index (χ4v) is 3.46. The van der Waals surface area contributed by atoms with Crippen LogP contribution in [0, 0.1) is 13.8 Å². The maximum atomic E-state index is 12.8. The maximum Gasteiger partial charge on any atom is 0.253 e. The molecule has 0 atom stereocenters. The predicted molar refractivity (Wildman–Crippen MR) is 120 cm³/mol. The summed E-state index contributed by atoms with van der Waals surface area (Å²) in [6.45, 7) is 3.88. The van der Waals surface area contributed by atoms with Crippen molar-refractivity contribution in [3.63, 3.8) is 0 Å². The molecule has 4 aromatic rings. The molecule has 0 N–H and O–H groups in total. The number of aromatic nitrogens is 1. The van der Waals surface area contributed by atoms with Crippen LogP contribution in [-0.4, -0.2) is 29.9 Å². The fourth-order valence-electron chi connectivity index (χ4n) is 3.46. The van der Waals surface area contributed by atoms with Gasteiger partial charge in [0.05, 0.1) is 5.39 Å². The van der Waals surface area contributed by atoms with Gasteiger partial charge in [-0.25, -0.2) is 4.98 Å². The lowest BCUT2D eigenvalue weighted by molar-refractivity contribution is 0.0828. The standard InChI is InChI=1S/C25H22N2O4/c1-15-11-18(12-16(2)24(15)31-23-7-5-6-10-26-23)22-14-20(28)19-13-17(25(29)27(3)4)8-9-21(19)30-22/h5-14H,1-4H3. The van der Waals surface area contributed by atoms with Crippen molar-refractivity contribution in [1.82, 2.24) is 9.88 Å². The van der Waals surface area contributed by atoms with Gasteiger partial charge in [0.15, 0.2) is 5.43 Å². The Morgan fingerprint density at radius 1 is 1.00 bits per heavy atom. The minimum absolute atomic E-state index is 0.167. The van der Waals surface area contributed by atoms with Crippen LogP contribution in [0.2, 0.25) is 0 Å². The summed E-state index contributed by atoms with van der Waals surface area (Å²) in [4.78, 5) is 30.7. The Labute approximate surface area is 179 Å². The smallest absolute Gasteiger partial charge is 0.253 e. The quantitative estimate of drug-likeness (QED) is 0.472. The highest BCUT2D eigenvalue weighted by Crippen LogP contribution is 2.33. The molecule has 6 heteroatoms. The summed E-state index contributed by atoms with van der Waals surface area (Å²) >= 11 is 0. The zero-order chi connectivity index (χ0) is 22.1. The number of hydrogen-bond acceptors (Lipinski definition) is 5. The SMILES string of the molecule is Cc1cc(-c2cc(=O)c3cc(C(=O)N(C)C)ccc3o2)cc(C)c1Oc1ccccn1. The normalized spacial score (nSPS) is 10.8. The van der Waals surface area contributed by atoms with E-state index in [4.69, 9.17) is 9.15 Å². The van der Waals surface area contributed by atoms with E-state index in [1.807, 2.05) is 38.1 Å². The molecule has 6 nitrogen and oxygen atoms in total. The van der Waals surface area contributed by atoms with Crippen LogP contribution in [0.5, 0.6) is 11.6 Å². The van der Waals surface area contributed by atoms with Gasteiger partial charge in [0.2, 0.25) is 5.88 Å². The van der Waals surface area contributed by atoms with Gasteiger partial charge in [-0.05, 0) is 61.4 Å². The number of carbonyl (C=O) groups is 1. The Morgan fingerprint density at radius 2 is 1.74 bits per heavy atom. The first-order valence-electron chi connectivity index (χ1n) is 9.83. The predicted octanol–water partition coefficient (Wildman–Crippen LogP) is 4.97. The number of amides is 1. The van der Waals surface area contributed by atoms with Crippen LogP contribution in [-0.2, 0) is 0 Å². The van der Waals surface area contributed by atoms with Crippen molar-refractivity contribution < 1.29 is 13.9 Å². The summed E-state index contributed by atoms with van der Waals surface area (Å²) < 4.78 is 12.0.